The van der Waals surface area contributed by atoms with Crippen molar-refractivity contribution in [3.05, 3.63) is 138 Å². The number of halogens is 1. The van der Waals surface area contributed by atoms with Gasteiger partial charge in [-0.1, -0.05) is 112 Å². The average molecular weight is 741 g/mol. The second-order valence-corrected chi connectivity index (χ2v) is 19.2. The molecule has 0 spiro atoms. The smallest absolute Gasteiger partial charge is 0.338 e. The van der Waals surface area contributed by atoms with Crippen molar-refractivity contribution in [3.63, 3.8) is 0 Å². The molecule has 282 valence electrons. The summed E-state index contributed by atoms with van der Waals surface area (Å²) in [6.45, 7) is 12.8. The Kier molecular flexibility index (Phi) is 13.5. The maximum absolute atomic E-state index is 16.5. The number of hydrogen-bond acceptors (Lipinski definition) is 7. The number of carbonyl (C=O) groups is 1. The van der Waals surface area contributed by atoms with Crippen molar-refractivity contribution >= 4 is 24.7 Å². The topological polar surface area (TPSA) is 72.5 Å². The van der Waals surface area contributed by atoms with Gasteiger partial charge in [-0.15, -0.1) is 0 Å². The molecule has 4 aromatic rings. The maximum atomic E-state index is 16.5. The minimum Gasteiger partial charge on any atom is -0.497 e. The molecule has 5 rings (SSSR count). The Morgan fingerprint density at radius 1 is 0.868 bits per heavy atom. The number of benzene rings is 4. The van der Waals surface area contributed by atoms with E-state index in [-0.39, 0.29) is 17.6 Å². The van der Waals surface area contributed by atoms with Gasteiger partial charge in [-0.2, -0.15) is 0 Å². The van der Waals surface area contributed by atoms with Crippen LogP contribution < -0.4 is 15.1 Å². The fraction of sp³-hybridized carbons (Fsp3) is 0.386. The van der Waals surface area contributed by atoms with Crippen LogP contribution in [0.1, 0.15) is 70.3 Å². The van der Waals surface area contributed by atoms with Crippen molar-refractivity contribution in [1.29, 1.82) is 0 Å². The van der Waals surface area contributed by atoms with Crippen molar-refractivity contribution in [2.45, 2.75) is 96.2 Å². The predicted molar refractivity (Wildman–Crippen MR) is 209 cm³/mol. The minimum atomic E-state index is -2.85. The highest BCUT2D eigenvalue weighted by Gasteiger charge is 2.52. The highest BCUT2D eigenvalue weighted by Crippen LogP contribution is 2.39. The van der Waals surface area contributed by atoms with E-state index in [0.717, 1.165) is 21.7 Å². The molecule has 0 aromatic heterocycles. The average Bonchev–Trinajstić information content (AvgIpc) is 3.47. The Balaban J connectivity index is 1.38. The van der Waals surface area contributed by atoms with Gasteiger partial charge in [0.1, 0.15) is 17.7 Å². The molecule has 1 heterocycles. The molecule has 4 aromatic carbocycles. The predicted octanol–water partition coefficient (Wildman–Crippen LogP) is 8.56. The number of carbonyl (C=O) groups excluding carboxylic acids is 1. The molecule has 1 saturated heterocycles. The SMILES string of the molecule is COc1ccc(CO[C@H](C)CC=C(F)C(OC(=O)c2ccccc2)C2OC(C)(C)OC2CCO[Si](c2ccccc2)(c2ccccc2)C(C)(C)C)cc1. The van der Waals surface area contributed by atoms with E-state index >= 15 is 4.39 Å². The molecule has 0 bridgehead atoms. The highest BCUT2D eigenvalue weighted by atomic mass is 28.4. The molecule has 1 aliphatic rings. The lowest BCUT2D eigenvalue weighted by Gasteiger charge is -2.43. The summed E-state index contributed by atoms with van der Waals surface area (Å²) in [5.41, 5.74) is 1.28. The summed E-state index contributed by atoms with van der Waals surface area (Å²) in [6.07, 6.45) is -1.21. The van der Waals surface area contributed by atoms with Crippen LogP contribution >= 0.6 is 0 Å². The lowest BCUT2D eigenvalue weighted by Crippen LogP contribution is -2.66. The molecule has 4 atom stereocenters. The number of hydrogen-bond donors (Lipinski definition) is 0. The number of esters is 1. The maximum Gasteiger partial charge on any atom is 0.338 e. The first-order valence-corrected chi connectivity index (χ1v) is 20.2. The standard InChI is InChI=1S/C44H53FO7Si/c1-32(48-31-33-24-26-35(47-7)27-25-33)23-28-38(45)40(50-42(46)34-17-11-8-12-18-34)41-39(51-44(5,6)52-41)29-30-49-53(43(2,3)4,36-19-13-9-14-20-36)37-21-15-10-16-22-37/h8-22,24-28,32,39-41H,23,29-31H2,1-7H3/t32-,39?,40?,41?/m1/s1. The zero-order valence-electron chi connectivity index (χ0n) is 31.9. The van der Waals surface area contributed by atoms with Crippen LogP contribution in [0.15, 0.2) is 127 Å². The monoisotopic (exact) mass is 740 g/mol. The van der Waals surface area contributed by atoms with Gasteiger partial charge in [0.2, 0.25) is 0 Å². The molecule has 7 nitrogen and oxygen atoms in total. The molecular formula is C44H53FO7Si. The summed E-state index contributed by atoms with van der Waals surface area (Å²) >= 11 is 0. The summed E-state index contributed by atoms with van der Waals surface area (Å²) in [5, 5.41) is 2.09. The normalized spacial score (nSPS) is 18.7. The summed E-state index contributed by atoms with van der Waals surface area (Å²) in [4.78, 5) is 13.4. The Morgan fingerprint density at radius 2 is 1.43 bits per heavy atom. The van der Waals surface area contributed by atoms with Crippen LogP contribution in [0.25, 0.3) is 0 Å². The van der Waals surface area contributed by atoms with Crippen molar-refractivity contribution < 1.29 is 37.3 Å². The number of ether oxygens (including phenoxy) is 5. The summed E-state index contributed by atoms with van der Waals surface area (Å²) < 4.78 is 53.6. The molecule has 0 saturated carbocycles. The van der Waals surface area contributed by atoms with E-state index in [4.69, 9.17) is 28.1 Å². The first kappa shape index (κ1) is 40.1. The third-order valence-corrected chi connectivity index (χ3v) is 14.6. The van der Waals surface area contributed by atoms with Crippen molar-refractivity contribution in [2.75, 3.05) is 13.7 Å². The van der Waals surface area contributed by atoms with E-state index in [2.05, 4.69) is 45.0 Å². The van der Waals surface area contributed by atoms with Gasteiger partial charge in [0, 0.05) is 6.61 Å². The van der Waals surface area contributed by atoms with Crippen LogP contribution in [0, 0.1) is 0 Å². The second-order valence-electron chi connectivity index (χ2n) is 14.9. The molecule has 0 aliphatic carbocycles. The summed E-state index contributed by atoms with van der Waals surface area (Å²) in [7, 11) is -1.23. The Bertz CT molecular complexity index is 1720. The van der Waals surface area contributed by atoms with Crippen LogP contribution in [0.2, 0.25) is 5.04 Å². The van der Waals surface area contributed by atoms with E-state index in [0.29, 0.717) is 25.2 Å². The Morgan fingerprint density at radius 3 is 1.98 bits per heavy atom. The van der Waals surface area contributed by atoms with Crippen LogP contribution in [0.4, 0.5) is 4.39 Å². The molecule has 0 radical (unpaired) electrons. The van der Waals surface area contributed by atoms with Gasteiger partial charge in [-0.3, -0.25) is 0 Å². The fourth-order valence-corrected chi connectivity index (χ4v) is 11.5. The van der Waals surface area contributed by atoms with Gasteiger partial charge >= 0.3 is 5.97 Å². The molecular weight excluding hydrogens is 688 g/mol. The quantitative estimate of drug-likeness (QED) is 0.0843. The van der Waals surface area contributed by atoms with Crippen LogP contribution in [-0.4, -0.2) is 58.2 Å². The number of rotatable bonds is 16. The number of methoxy groups -OCH3 is 1. The molecule has 9 heteroatoms. The summed E-state index contributed by atoms with van der Waals surface area (Å²) in [5.74, 6) is -1.58. The van der Waals surface area contributed by atoms with Crippen molar-refractivity contribution in [3.8, 4) is 5.75 Å². The van der Waals surface area contributed by atoms with Crippen molar-refractivity contribution in [1.82, 2.24) is 0 Å². The molecule has 0 N–H and O–H groups in total. The Hall–Kier alpha value is -4.12. The molecule has 53 heavy (non-hydrogen) atoms. The van der Waals surface area contributed by atoms with Crippen LogP contribution in [0.5, 0.6) is 5.75 Å². The third kappa shape index (κ3) is 10.1. The Labute approximate surface area is 315 Å². The van der Waals surface area contributed by atoms with Gasteiger partial charge in [0.05, 0.1) is 31.5 Å². The second kappa shape index (κ2) is 17.8. The van der Waals surface area contributed by atoms with Gasteiger partial charge in [-0.25, -0.2) is 9.18 Å². The van der Waals surface area contributed by atoms with Gasteiger partial charge in [0.25, 0.3) is 8.32 Å². The first-order chi connectivity index (χ1) is 25.3. The van der Waals surface area contributed by atoms with E-state index < -0.39 is 44.2 Å². The molecule has 3 unspecified atom stereocenters. The lowest BCUT2D eigenvalue weighted by atomic mass is 10.0. The van der Waals surface area contributed by atoms with E-state index in [1.165, 1.54) is 6.08 Å². The molecule has 0 amide bonds. The van der Waals surface area contributed by atoms with Crippen molar-refractivity contribution in [2.24, 2.45) is 0 Å². The van der Waals surface area contributed by atoms with E-state index in [9.17, 15) is 4.79 Å². The first-order valence-electron chi connectivity index (χ1n) is 18.3. The largest absolute Gasteiger partial charge is 0.497 e. The van der Waals surface area contributed by atoms with Crippen LogP contribution in [-0.2, 0) is 30.0 Å². The van der Waals surface area contributed by atoms with Gasteiger partial charge in [-0.05, 0) is 84.9 Å². The highest BCUT2D eigenvalue weighted by molar-refractivity contribution is 6.99. The van der Waals surface area contributed by atoms with Crippen LogP contribution in [0.3, 0.4) is 0 Å². The lowest BCUT2D eigenvalue weighted by molar-refractivity contribution is -0.154. The van der Waals surface area contributed by atoms with E-state index in [1.807, 2.05) is 67.6 Å². The molecule has 1 fully saturated rings. The fourth-order valence-electron chi connectivity index (χ4n) is 6.89. The van der Waals surface area contributed by atoms with E-state index in [1.54, 1.807) is 51.3 Å². The third-order valence-electron chi connectivity index (χ3n) is 9.51. The minimum absolute atomic E-state index is 0.226. The zero-order valence-corrected chi connectivity index (χ0v) is 32.9. The van der Waals surface area contributed by atoms with Gasteiger partial charge < -0.3 is 28.1 Å². The van der Waals surface area contributed by atoms with Gasteiger partial charge in [0.15, 0.2) is 11.9 Å². The summed E-state index contributed by atoms with van der Waals surface area (Å²) in [6, 6.07) is 37.0. The molecule has 1 aliphatic heterocycles. The zero-order chi connectivity index (χ0) is 38.1.